The van der Waals surface area contributed by atoms with Crippen LogP contribution in [0.4, 0.5) is 0 Å². The van der Waals surface area contributed by atoms with Gasteiger partial charge in [-0.3, -0.25) is 0 Å². The van der Waals surface area contributed by atoms with E-state index < -0.39 is 0 Å². The van der Waals surface area contributed by atoms with Gasteiger partial charge in [0, 0.05) is 5.56 Å². The third-order valence-electron chi connectivity index (χ3n) is 1.89. The van der Waals surface area contributed by atoms with Crippen LogP contribution in [-0.2, 0) is 5.41 Å². The van der Waals surface area contributed by atoms with Crippen LogP contribution in [0.25, 0.3) is 0 Å². The second kappa shape index (κ2) is 2.47. The summed E-state index contributed by atoms with van der Waals surface area (Å²) in [5.41, 5.74) is 0.886. The highest BCUT2D eigenvalue weighted by molar-refractivity contribution is 5.33. The molecule has 0 fully saturated rings. The molecule has 0 bridgehead atoms. The molecule has 1 rings (SSSR count). The van der Waals surface area contributed by atoms with E-state index in [0.717, 1.165) is 11.3 Å². The summed E-state index contributed by atoms with van der Waals surface area (Å²) in [7, 11) is 0. The number of hydrogen-bond acceptors (Lipinski definition) is 1. The van der Waals surface area contributed by atoms with Crippen LogP contribution in [0.2, 0.25) is 0 Å². The summed E-state index contributed by atoms with van der Waals surface area (Å²) in [5.74, 6) is 3.63. The quantitative estimate of drug-likeness (QED) is 0.558. The highest BCUT2D eigenvalue weighted by Crippen LogP contribution is 2.25. The van der Waals surface area contributed by atoms with Crippen molar-refractivity contribution in [1.82, 2.24) is 0 Å². The maximum absolute atomic E-state index is 5.37. The van der Waals surface area contributed by atoms with Crippen molar-refractivity contribution in [3.63, 3.8) is 0 Å². The van der Waals surface area contributed by atoms with E-state index in [2.05, 4.69) is 5.92 Å². The molecule has 0 aromatic carbocycles. The van der Waals surface area contributed by atoms with E-state index in [4.69, 9.17) is 10.8 Å². The SMILES string of the molecule is C#CC(C)(C)c1ccoc1C. The summed E-state index contributed by atoms with van der Waals surface area (Å²) in [5, 5.41) is 0. The highest BCUT2D eigenvalue weighted by atomic mass is 16.3. The van der Waals surface area contributed by atoms with Crippen molar-refractivity contribution in [3.05, 3.63) is 23.7 Å². The fourth-order valence-electron chi connectivity index (χ4n) is 1.11. The molecule has 1 aromatic rings. The molecule has 58 valence electrons. The smallest absolute Gasteiger partial charge is 0.105 e. The molecule has 0 atom stereocenters. The lowest BCUT2D eigenvalue weighted by Gasteiger charge is -2.15. The highest BCUT2D eigenvalue weighted by Gasteiger charge is 2.20. The van der Waals surface area contributed by atoms with Gasteiger partial charge >= 0.3 is 0 Å². The van der Waals surface area contributed by atoms with E-state index in [1.165, 1.54) is 0 Å². The maximum atomic E-state index is 5.37. The molecule has 11 heavy (non-hydrogen) atoms. The van der Waals surface area contributed by atoms with Gasteiger partial charge in [-0.25, -0.2) is 0 Å². The third-order valence-corrected chi connectivity index (χ3v) is 1.89. The molecule has 0 amide bonds. The summed E-state index contributed by atoms with van der Waals surface area (Å²) in [6.45, 7) is 5.93. The molecule has 1 aromatic heterocycles. The van der Waals surface area contributed by atoms with Crippen LogP contribution in [0, 0.1) is 19.3 Å². The minimum atomic E-state index is -0.211. The predicted octanol–water partition coefficient (Wildman–Crippen LogP) is 2.50. The van der Waals surface area contributed by atoms with Gasteiger partial charge < -0.3 is 4.42 Å². The van der Waals surface area contributed by atoms with Crippen LogP contribution in [0.3, 0.4) is 0 Å². The molecule has 1 heterocycles. The molecular formula is C10H12O. The van der Waals surface area contributed by atoms with Crippen molar-refractivity contribution in [2.24, 2.45) is 0 Å². The Bertz CT molecular complexity index is 286. The van der Waals surface area contributed by atoms with Gasteiger partial charge in [-0.05, 0) is 26.8 Å². The molecule has 1 nitrogen and oxygen atoms in total. The molecule has 0 N–H and O–H groups in total. The van der Waals surface area contributed by atoms with Gasteiger partial charge in [0.2, 0.25) is 0 Å². The zero-order chi connectivity index (χ0) is 8.48. The number of hydrogen-bond donors (Lipinski definition) is 0. The number of terminal acetylenes is 1. The Balaban J connectivity index is 3.13. The van der Waals surface area contributed by atoms with Gasteiger partial charge in [-0.2, -0.15) is 0 Å². The normalized spacial score (nSPS) is 11.1. The monoisotopic (exact) mass is 148 g/mol. The van der Waals surface area contributed by atoms with E-state index in [9.17, 15) is 0 Å². The second-order valence-electron chi connectivity index (χ2n) is 3.16. The molecule has 0 aliphatic heterocycles. The lowest BCUT2D eigenvalue weighted by molar-refractivity contribution is 0.520. The lowest BCUT2D eigenvalue weighted by Crippen LogP contribution is -2.13. The molecule has 0 saturated heterocycles. The number of rotatable bonds is 1. The van der Waals surface area contributed by atoms with Gasteiger partial charge in [0.15, 0.2) is 0 Å². The summed E-state index contributed by atoms with van der Waals surface area (Å²) in [6, 6.07) is 1.93. The molecule has 0 aliphatic carbocycles. The molecule has 0 spiro atoms. The van der Waals surface area contributed by atoms with Gasteiger partial charge in [0.05, 0.1) is 11.7 Å². The van der Waals surface area contributed by atoms with Crippen molar-refractivity contribution in [3.8, 4) is 12.3 Å². The minimum Gasteiger partial charge on any atom is -0.469 e. The van der Waals surface area contributed by atoms with Gasteiger partial charge in [-0.1, -0.05) is 5.92 Å². The van der Waals surface area contributed by atoms with E-state index >= 15 is 0 Å². The van der Waals surface area contributed by atoms with Crippen LogP contribution < -0.4 is 0 Å². The Labute approximate surface area is 67.4 Å². The molecule has 0 radical (unpaired) electrons. The average Bonchev–Trinajstić information content (AvgIpc) is 2.36. The molecule has 1 heteroatoms. The van der Waals surface area contributed by atoms with Crippen molar-refractivity contribution in [1.29, 1.82) is 0 Å². The minimum absolute atomic E-state index is 0.211. The van der Waals surface area contributed by atoms with E-state index in [1.807, 2.05) is 26.8 Å². The first kappa shape index (κ1) is 7.94. The molecule has 0 saturated carbocycles. The number of furan rings is 1. The van der Waals surface area contributed by atoms with E-state index in [0.29, 0.717) is 0 Å². The zero-order valence-corrected chi connectivity index (χ0v) is 7.14. The molecule has 0 aliphatic rings. The molecular weight excluding hydrogens is 136 g/mol. The summed E-state index contributed by atoms with van der Waals surface area (Å²) >= 11 is 0. The average molecular weight is 148 g/mol. The fraction of sp³-hybridized carbons (Fsp3) is 0.400. The standard InChI is InChI=1S/C10H12O/c1-5-10(3,4)9-6-7-11-8(9)2/h1,6-7H,2-4H3. The largest absolute Gasteiger partial charge is 0.469 e. The van der Waals surface area contributed by atoms with Gasteiger partial charge in [-0.15, -0.1) is 6.42 Å². The van der Waals surface area contributed by atoms with Gasteiger partial charge in [0.25, 0.3) is 0 Å². The van der Waals surface area contributed by atoms with E-state index in [-0.39, 0.29) is 5.41 Å². The van der Waals surface area contributed by atoms with Crippen LogP contribution in [0.5, 0.6) is 0 Å². The first-order valence-corrected chi connectivity index (χ1v) is 3.60. The summed E-state index contributed by atoms with van der Waals surface area (Å²) in [6.07, 6.45) is 7.05. The van der Waals surface area contributed by atoms with Crippen LogP contribution >= 0.6 is 0 Å². The first-order valence-electron chi connectivity index (χ1n) is 3.60. The molecule has 0 unspecified atom stereocenters. The van der Waals surface area contributed by atoms with Crippen molar-refractivity contribution in [2.45, 2.75) is 26.2 Å². The van der Waals surface area contributed by atoms with Crippen molar-refractivity contribution < 1.29 is 4.42 Å². The predicted molar refractivity (Wildman–Crippen MR) is 45.3 cm³/mol. The Morgan fingerprint density at radius 3 is 2.55 bits per heavy atom. The fourth-order valence-corrected chi connectivity index (χ4v) is 1.11. The first-order chi connectivity index (χ1) is 5.08. The van der Waals surface area contributed by atoms with Crippen molar-refractivity contribution in [2.75, 3.05) is 0 Å². The Hall–Kier alpha value is -1.16. The summed E-state index contributed by atoms with van der Waals surface area (Å²) in [4.78, 5) is 0. The third kappa shape index (κ3) is 1.30. The maximum Gasteiger partial charge on any atom is 0.105 e. The second-order valence-corrected chi connectivity index (χ2v) is 3.16. The Morgan fingerprint density at radius 2 is 2.18 bits per heavy atom. The van der Waals surface area contributed by atoms with Gasteiger partial charge in [0.1, 0.15) is 5.76 Å². The van der Waals surface area contributed by atoms with E-state index in [1.54, 1.807) is 6.26 Å². The lowest BCUT2D eigenvalue weighted by atomic mass is 9.86. The van der Waals surface area contributed by atoms with Crippen LogP contribution in [0.15, 0.2) is 16.7 Å². The Morgan fingerprint density at radius 1 is 1.55 bits per heavy atom. The van der Waals surface area contributed by atoms with Crippen LogP contribution in [-0.4, -0.2) is 0 Å². The van der Waals surface area contributed by atoms with Crippen molar-refractivity contribution >= 4 is 0 Å². The zero-order valence-electron chi connectivity index (χ0n) is 7.14. The summed E-state index contributed by atoms with van der Waals surface area (Å²) < 4.78 is 5.16. The Kier molecular flexibility index (Phi) is 1.78. The van der Waals surface area contributed by atoms with Crippen LogP contribution in [0.1, 0.15) is 25.2 Å². The topological polar surface area (TPSA) is 13.1 Å². The number of aryl methyl sites for hydroxylation is 1.